The van der Waals surface area contributed by atoms with Gasteiger partial charge in [0.1, 0.15) is 5.75 Å². The summed E-state index contributed by atoms with van der Waals surface area (Å²) in [7, 11) is 1.59. The first-order valence-corrected chi connectivity index (χ1v) is 11.8. The van der Waals surface area contributed by atoms with Crippen molar-refractivity contribution in [1.82, 2.24) is 14.8 Å². The average molecular weight is 468 g/mol. The van der Waals surface area contributed by atoms with Gasteiger partial charge in [0.15, 0.2) is 5.16 Å². The number of methoxy groups -OCH3 is 1. The molecular weight excluding hydrogens is 438 g/mol. The molecule has 1 aliphatic heterocycles. The van der Waals surface area contributed by atoms with Crippen LogP contribution in [0.4, 0.5) is 11.6 Å². The van der Waals surface area contributed by atoms with E-state index in [-0.39, 0.29) is 5.91 Å². The number of amides is 1. The highest BCUT2D eigenvalue weighted by Crippen LogP contribution is 2.31. The maximum atomic E-state index is 13.0. The molecule has 1 amide bonds. The van der Waals surface area contributed by atoms with Gasteiger partial charge in [0.25, 0.3) is 0 Å². The molecule has 3 aromatic rings. The molecule has 0 aliphatic carbocycles. The van der Waals surface area contributed by atoms with E-state index in [4.69, 9.17) is 9.47 Å². The first-order valence-electron chi connectivity index (χ1n) is 10.9. The van der Waals surface area contributed by atoms with E-state index in [1.165, 1.54) is 17.3 Å². The number of thioether (sulfide) groups is 1. The molecule has 0 spiro atoms. The summed E-state index contributed by atoms with van der Waals surface area (Å²) in [5, 5.41) is 12.2. The fraction of sp³-hybridized carbons (Fsp3) is 0.375. The number of aryl methyl sites for hydroxylation is 2. The summed E-state index contributed by atoms with van der Waals surface area (Å²) in [6.07, 6.45) is 0. The van der Waals surface area contributed by atoms with Crippen LogP contribution in [-0.4, -0.2) is 59.3 Å². The summed E-state index contributed by atoms with van der Waals surface area (Å²) in [5.74, 6) is 1.26. The summed E-state index contributed by atoms with van der Waals surface area (Å²) >= 11 is 1.38. The quantitative estimate of drug-likeness (QED) is 0.529. The first-order chi connectivity index (χ1) is 16.0. The summed E-state index contributed by atoms with van der Waals surface area (Å²) < 4.78 is 12.9. The Kier molecular flexibility index (Phi) is 7.20. The molecule has 9 heteroatoms. The third-order valence-corrected chi connectivity index (χ3v) is 6.51. The number of benzene rings is 2. The molecule has 8 nitrogen and oxygen atoms in total. The molecule has 1 unspecified atom stereocenters. The zero-order valence-electron chi connectivity index (χ0n) is 19.4. The van der Waals surface area contributed by atoms with E-state index < -0.39 is 5.25 Å². The van der Waals surface area contributed by atoms with E-state index in [0.29, 0.717) is 29.8 Å². The lowest BCUT2D eigenvalue weighted by Crippen LogP contribution is -2.38. The van der Waals surface area contributed by atoms with Crippen LogP contribution >= 0.6 is 11.8 Å². The van der Waals surface area contributed by atoms with Crippen molar-refractivity contribution >= 4 is 29.3 Å². The third kappa shape index (κ3) is 5.31. The van der Waals surface area contributed by atoms with Gasteiger partial charge in [-0.15, -0.1) is 10.2 Å². The number of carbonyl (C=O) groups is 1. The van der Waals surface area contributed by atoms with E-state index >= 15 is 0 Å². The molecule has 1 atom stereocenters. The van der Waals surface area contributed by atoms with Gasteiger partial charge in [0.05, 0.1) is 36.9 Å². The van der Waals surface area contributed by atoms with Crippen molar-refractivity contribution in [3.05, 3.63) is 53.6 Å². The minimum atomic E-state index is -0.402. The largest absolute Gasteiger partial charge is 0.495 e. The third-order valence-electron chi connectivity index (χ3n) is 5.47. The molecule has 33 heavy (non-hydrogen) atoms. The molecule has 0 bridgehead atoms. The van der Waals surface area contributed by atoms with Gasteiger partial charge in [-0.3, -0.25) is 9.36 Å². The lowest BCUT2D eigenvalue weighted by molar-refractivity contribution is -0.115. The highest BCUT2D eigenvalue weighted by atomic mass is 32.2. The molecule has 1 saturated heterocycles. The van der Waals surface area contributed by atoms with Gasteiger partial charge in [0.2, 0.25) is 11.9 Å². The standard InChI is InChI=1S/C24H29N5O3S/c1-16-5-8-19(9-6-16)29-23(28-11-13-32-14-12-28)26-27-24(29)33-18(3)22(30)25-20-15-17(2)7-10-21(20)31-4/h5-10,15,18H,11-14H2,1-4H3,(H,25,30). The molecule has 1 fully saturated rings. The van der Waals surface area contributed by atoms with Crippen molar-refractivity contribution in [3.8, 4) is 11.4 Å². The summed E-state index contributed by atoms with van der Waals surface area (Å²) in [6.45, 7) is 8.70. The van der Waals surface area contributed by atoms with Crippen LogP contribution in [0, 0.1) is 13.8 Å². The van der Waals surface area contributed by atoms with E-state index in [0.717, 1.165) is 30.3 Å². The van der Waals surface area contributed by atoms with Crippen molar-refractivity contribution in [1.29, 1.82) is 0 Å². The van der Waals surface area contributed by atoms with E-state index in [1.54, 1.807) is 7.11 Å². The van der Waals surface area contributed by atoms with Gasteiger partial charge in [-0.05, 0) is 50.6 Å². The van der Waals surface area contributed by atoms with Gasteiger partial charge < -0.3 is 19.7 Å². The molecule has 2 aromatic carbocycles. The fourth-order valence-corrected chi connectivity index (χ4v) is 4.45. The Morgan fingerprint density at radius 1 is 1.09 bits per heavy atom. The van der Waals surface area contributed by atoms with Gasteiger partial charge in [-0.2, -0.15) is 0 Å². The number of nitrogens with one attached hydrogen (secondary N) is 1. The number of aromatic nitrogens is 3. The van der Waals surface area contributed by atoms with Crippen molar-refractivity contribution < 1.29 is 14.3 Å². The highest BCUT2D eigenvalue weighted by molar-refractivity contribution is 8.00. The molecule has 4 rings (SSSR count). The number of nitrogens with zero attached hydrogens (tertiary/aromatic N) is 4. The predicted octanol–water partition coefficient (Wildman–Crippen LogP) is 3.85. The van der Waals surface area contributed by atoms with Crippen molar-refractivity contribution in [2.45, 2.75) is 31.2 Å². The van der Waals surface area contributed by atoms with Crippen molar-refractivity contribution in [2.75, 3.05) is 43.6 Å². The molecule has 2 heterocycles. The molecule has 174 valence electrons. The molecule has 1 aliphatic rings. The second-order valence-corrected chi connectivity index (χ2v) is 9.31. The summed E-state index contributed by atoms with van der Waals surface area (Å²) in [5.41, 5.74) is 3.83. The molecule has 1 aromatic heterocycles. The van der Waals surface area contributed by atoms with Crippen molar-refractivity contribution in [3.63, 3.8) is 0 Å². The minimum absolute atomic E-state index is 0.129. The Morgan fingerprint density at radius 3 is 2.48 bits per heavy atom. The summed E-state index contributed by atoms with van der Waals surface area (Å²) in [6, 6.07) is 13.9. The lowest BCUT2D eigenvalue weighted by Gasteiger charge is -2.28. The maximum absolute atomic E-state index is 13.0. The number of hydrogen-bond donors (Lipinski definition) is 1. The molecule has 0 saturated carbocycles. The monoisotopic (exact) mass is 467 g/mol. The number of morpholine rings is 1. The molecular formula is C24H29N5O3S. The number of rotatable bonds is 7. The average Bonchev–Trinajstić information content (AvgIpc) is 3.23. The SMILES string of the molecule is COc1ccc(C)cc1NC(=O)C(C)Sc1nnc(N2CCOCC2)n1-c1ccc(C)cc1. The second-order valence-electron chi connectivity index (χ2n) is 8.01. The maximum Gasteiger partial charge on any atom is 0.237 e. The Balaban J connectivity index is 1.59. The number of anilines is 2. The van der Waals surface area contributed by atoms with E-state index in [2.05, 4.69) is 51.6 Å². The number of hydrogen-bond acceptors (Lipinski definition) is 7. The predicted molar refractivity (Wildman–Crippen MR) is 131 cm³/mol. The fourth-order valence-electron chi connectivity index (χ4n) is 3.59. The Bertz CT molecular complexity index is 1110. The van der Waals surface area contributed by atoms with Gasteiger partial charge in [0, 0.05) is 13.1 Å². The zero-order valence-corrected chi connectivity index (χ0v) is 20.2. The van der Waals surface area contributed by atoms with Crippen LogP contribution in [0.25, 0.3) is 5.69 Å². The van der Waals surface area contributed by atoms with E-state index in [9.17, 15) is 4.79 Å². The van der Waals surface area contributed by atoms with E-state index in [1.807, 2.05) is 36.6 Å². The minimum Gasteiger partial charge on any atom is -0.495 e. The van der Waals surface area contributed by atoms with Crippen LogP contribution in [0.15, 0.2) is 47.6 Å². The van der Waals surface area contributed by atoms with Gasteiger partial charge in [-0.25, -0.2) is 0 Å². The zero-order chi connectivity index (χ0) is 23.4. The number of carbonyl (C=O) groups excluding carboxylic acids is 1. The van der Waals surface area contributed by atoms with Crippen LogP contribution in [0.3, 0.4) is 0 Å². The number of ether oxygens (including phenoxy) is 2. The smallest absolute Gasteiger partial charge is 0.237 e. The van der Waals surface area contributed by atoms with Crippen LogP contribution in [0.2, 0.25) is 0 Å². The van der Waals surface area contributed by atoms with Crippen LogP contribution in [-0.2, 0) is 9.53 Å². The highest BCUT2D eigenvalue weighted by Gasteiger charge is 2.25. The molecule has 1 N–H and O–H groups in total. The Labute approximate surface area is 198 Å². The van der Waals surface area contributed by atoms with Crippen LogP contribution < -0.4 is 15.0 Å². The van der Waals surface area contributed by atoms with Crippen molar-refractivity contribution in [2.24, 2.45) is 0 Å². The Morgan fingerprint density at radius 2 is 1.79 bits per heavy atom. The topological polar surface area (TPSA) is 81.5 Å². The van der Waals surface area contributed by atoms with Gasteiger partial charge >= 0.3 is 0 Å². The van der Waals surface area contributed by atoms with Crippen LogP contribution in [0.5, 0.6) is 5.75 Å². The second kappa shape index (κ2) is 10.3. The molecule has 0 radical (unpaired) electrons. The summed E-state index contributed by atoms with van der Waals surface area (Å²) in [4.78, 5) is 15.2. The first kappa shape index (κ1) is 23.1. The Hall–Kier alpha value is -3.04. The normalized spacial score (nSPS) is 14.7. The van der Waals surface area contributed by atoms with Gasteiger partial charge in [-0.1, -0.05) is 35.5 Å². The lowest BCUT2D eigenvalue weighted by atomic mass is 10.2. The van der Waals surface area contributed by atoms with Crippen LogP contribution in [0.1, 0.15) is 18.1 Å².